The van der Waals surface area contributed by atoms with E-state index >= 15 is 0 Å². The Labute approximate surface area is 201 Å². The van der Waals surface area contributed by atoms with E-state index in [4.69, 9.17) is 0 Å². The summed E-state index contributed by atoms with van der Waals surface area (Å²) in [6, 6.07) is 0.485. The lowest BCUT2D eigenvalue weighted by atomic mass is 10.1. The average Bonchev–Trinajstić information content (AvgIpc) is 3.06. The Morgan fingerprint density at radius 2 is 1.47 bits per heavy atom. The largest absolute Gasteiger partial charge is 0.416 e. The van der Waals surface area contributed by atoms with E-state index in [-0.39, 0.29) is 18.2 Å². The van der Waals surface area contributed by atoms with Gasteiger partial charge in [-0.05, 0) is 26.3 Å². The fraction of sp³-hybridized carbons (Fsp3) is 0.680. The molecular weight excluding hydrogens is 445 g/mol. The van der Waals surface area contributed by atoms with Gasteiger partial charge in [-0.25, -0.2) is 0 Å². The van der Waals surface area contributed by atoms with Crippen LogP contribution >= 0.6 is 0 Å². The molecule has 9 heteroatoms. The van der Waals surface area contributed by atoms with Gasteiger partial charge in [0.1, 0.15) is 0 Å². The van der Waals surface area contributed by atoms with Crippen LogP contribution < -0.4 is 0 Å². The molecule has 0 aromatic rings. The highest BCUT2D eigenvalue weighted by atomic mass is 19.4. The monoisotopic (exact) mass is 484 g/mol. The number of halogens is 3. The third-order valence-electron chi connectivity index (χ3n) is 6.34. The van der Waals surface area contributed by atoms with Crippen LogP contribution in [0, 0.1) is 0 Å². The first-order valence-corrected chi connectivity index (χ1v) is 12.3. The van der Waals surface area contributed by atoms with Crippen LogP contribution in [0.1, 0.15) is 40.5 Å². The van der Waals surface area contributed by atoms with Gasteiger partial charge in [-0.2, -0.15) is 13.2 Å². The Kier molecular flexibility index (Phi) is 10.8. The molecule has 3 aliphatic rings. The van der Waals surface area contributed by atoms with Gasteiger partial charge in [0.25, 0.3) is 0 Å². The molecule has 2 heterocycles. The van der Waals surface area contributed by atoms with E-state index in [9.17, 15) is 22.8 Å². The molecule has 0 bridgehead atoms. The molecule has 0 atom stereocenters. The van der Waals surface area contributed by atoms with Crippen molar-refractivity contribution in [3.8, 4) is 0 Å². The van der Waals surface area contributed by atoms with E-state index in [1.165, 1.54) is 6.08 Å². The van der Waals surface area contributed by atoms with Crippen LogP contribution in [0.4, 0.5) is 13.2 Å². The van der Waals surface area contributed by atoms with Crippen LogP contribution in [0.3, 0.4) is 0 Å². The minimum atomic E-state index is -4.43. The summed E-state index contributed by atoms with van der Waals surface area (Å²) in [5, 5.41) is 0. The zero-order valence-electron chi connectivity index (χ0n) is 20.9. The maximum absolute atomic E-state index is 13.0. The zero-order valence-corrected chi connectivity index (χ0v) is 20.9. The molecule has 2 fully saturated rings. The van der Waals surface area contributed by atoms with Crippen molar-refractivity contribution < 1.29 is 22.8 Å². The predicted octanol–water partition coefficient (Wildman–Crippen LogP) is 3.47. The number of carbonyl (C=O) groups excluding carboxylic acids is 2. The molecule has 1 aliphatic carbocycles. The van der Waals surface area contributed by atoms with Crippen molar-refractivity contribution >= 4 is 11.8 Å². The molecule has 0 aromatic carbocycles. The van der Waals surface area contributed by atoms with Gasteiger partial charge in [0, 0.05) is 64.8 Å². The van der Waals surface area contributed by atoms with Crippen molar-refractivity contribution in [1.29, 1.82) is 0 Å². The van der Waals surface area contributed by atoms with Crippen LogP contribution in [0.5, 0.6) is 0 Å². The smallest absolute Gasteiger partial charge is 0.340 e. The van der Waals surface area contributed by atoms with E-state index in [0.717, 1.165) is 38.3 Å². The minimum absolute atomic E-state index is 0.0170. The summed E-state index contributed by atoms with van der Waals surface area (Å²) in [5.74, 6) is -0.0427. The quantitative estimate of drug-likeness (QED) is 0.600. The molecule has 0 unspecified atom stereocenters. The molecule has 0 spiro atoms. The van der Waals surface area contributed by atoms with Crippen LogP contribution in [0.25, 0.3) is 0 Å². The summed E-state index contributed by atoms with van der Waals surface area (Å²) in [4.78, 5) is 33.3. The second kappa shape index (κ2) is 13.1. The lowest BCUT2D eigenvalue weighted by molar-refractivity contribution is -0.136. The van der Waals surface area contributed by atoms with Crippen LogP contribution in [-0.4, -0.2) is 103 Å². The second-order valence-corrected chi connectivity index (χ2v) is 8.90. The molecule has 34 heavy (non-hydrogen) atoms. The van der Waals surface area contributed by atoms with Crippen molar-refractivity contribution in [2.75, 3.05) is 58.9 Å². The Hall–Kier alpha value is -2.13. The van der Waals surface area contributed by atoms with Gasteiger partial charge >= 0.3 is 6.18 Å². The lowest BCUT2D eigenvalue weighted by Crippen LogP contribution is -2.55. The van der Waals surface area contributed by atoms with Crippen LogP contribution in [0.2, 0.25) is 0 Å². The summed E-state index contributed by atoms with van der Waals surface area (Å²) < 4.78 is 39.1. The van der Waals surface area contributed by atoms with E-state index < -0.39 is 11.7 Å². The van der Waals surface area contributed by atoms with E-state index in [1.807, 2.05) is 18.7 Å². The minimum Gasteiger partial charge on any atom is -0.340 e. The number of allylic oxidation sites excluding steroid dienone is 5. The van der Waals surface area contributed by atoms with E-state index in [0.29, 0.717) is 50.8 Å². The molecule has 2 amide bonds. The molecule has 0 saturated carbocycles. The van der Waals surface area contributed by atoms with Crippen molar-refractivity contribution in [2.24, 2.45) is 0 Å². The summed E-state index contributed by atoms with van der Waals surface area (Å²) in [6.07, 6.45) is 1.04. The van der Waals surface area contributed by atoms with Gasteiger partial charge < -0.3 is 9.80 Å². The SMILES string of the molecule is CC.CC(C)N1CCN(C(=O)CN2CCN(C(=O)CC3=CC(C(F)(F)F)=CC=CC3)CC2)CC1. The average molecular weight is 485 g/mol. The number of nitrogens with zero attached hydrogens (tertiary/aromatic N) is 4. The summed E-state index contributed by atoms with van der Waals surface area (Å²) >= 11 is 0. The molecule has 3 rings (SSSR count). The Balaban J connectivity index is 0.00000199. The Morgan fingerprint density at radius 3 is 2.03 bits per heavy atom. The zero-order chi connectivity index (χ0) is 25.3. The third-order valence-corrected chi connectivity index (χ3v) is 6.34. The molecule has 6 nitrogen and oxygen atoms in total. The number of alkyl halides is 3. The number of carbonyl (C=O) groups is 2. The summed E-state index contributed by atoms with van der Waals surface area (Å²) in [5.41, 5.74) is -0.267. The van der Waals surface area contributed by atoms with Crippen molar-refractivity contribution in [3.05, 3.63) is 35.5 Å². The highest BCUT2D eigenvalue weighted by Gasteiger charge is 2.33. The standard InChI is InChI=1S/C23H33F3N4O2.C2H6/c1-18(2)28-11-13-30(14-12-28)22(32)17-27-7-9-29(10-8-27)21(31)16-19-5-3-4-6-20(15-19)23(24,25)26;1-2/h3-4,6,15,18H,5,7-14,16-17H2,1-2H3;1-2H3. The van der Waals surface area contributed by atoms with Crippen LogP contribution in [-0.2, 0) is 9.59 Å². The Morgan fingerprint density at radius 1 is 0.912 bits per heavy atom. The highest BCUT2D eigenvalue weighted by Crippen LogP contribution is 2.30. The molecular formula is C25H39F3N4O2. The normalized spacial score (nSPS) is 20.4. The van der Waals surface area contributed by atoms with Crippen molar-refractivity contribution in [3.63, 3.8) is 0 Å². The third kappa shape index (κ3) is 8.27. The molecule has 0 N–H and O–H groups in total. The number of piperazine rings is 2. The van der Waals surface area contributed by atoms with Crippen LogP contribution in [0.15, 0.2) is 35.5 Å². The van der Waals surface area contributed by atoms with E-state index in [1.54, 1.807) is 11.0 Å². The van der Waals surface area contributed by atoms with Crippen molar-refractivity contribution in [2.45, 2.75) is 52.8 Å². The molecule has 192 valence electrons. The predicted molar refractivity (Wildman–Crippen MR) is 128 cm³/mol. The van der Waals surface area contributed by atoms with Gasteiger partial charge in [0.05, 0.1) is 12.1 Å². The van der Waals surface area contributed by atoms with Crippen molar-refractivity contribution in [1.82, 2.24) is 19.6 Å². The Bertz CT molecular complexity index is 774. The van der Waals surface area contributed by atoms with Gasteiger partial charge in [-0.15, -0.1) is 0 Å². The second-order valence-electron chi connectivity index (χ2n) is 8.90. The fourth-order valence-corrected chi connectivity index (χ4v) is 4.26. The number of rotatable bonds is 5. The van der Waals surface area contributed by atoms with Gasteiger partial charge in [0.15, 0.2) is 0 Å². The molecule has 2 aliphatic heterocycles. The fourth-order valence-electron chi connectivity index (χ4n) is 4.26. The summed E-state index contributed by atoms with van der Waals surface area (Å²) in [7, 11) is 0. The maximum atomic E-state index is 13.0. The number of hydrogen-bond acceptors (Lipinski definition) is 4. The topological polar surface area (TPSA) is 47.1 Å². The first kappa shape index (κ1) is 28.1. The first-order chi connectivity index (χ1) is 16.1. The van der Waals surface area contributed by atoms with E-state index in [2.05, 4.69) is 23.6 Å². The maximum Gasteiger partial charge on any atom is 0.416 e. The van der Waals surface area contributed by atoms with Gasteiger partial charge in [-0.1, -0.05) is 37.6 Å². The summed E-state index contributed by atoms with van der Waals surface area (Å²) in [6.45, 7) is 14.1. The number of hydrogen-bond donors (Lipinski definition) is 0. The van der Waals surface area contributed by atoms with Gasteiger partial charge in [0.2, 0.25) is 11.8 Å². The molecule has 0 radical (unpaired) electrons. The van der Waals surface area contributed by atoms with Gasteiger partial charge in [-0.3, -0.25) is 19.4 Å². The first-order valence-electron chi connectivity index (χ1n) is 12.3. The molecule has 2 saturated heterocycles. The highest BCUT2D eigenvalue weighted by molar-refractivity contribution is 5.80. The lowest BCUT2D eigenvalue weighted by Gasteiger charge is -2.39. The molecule has 0 aromatic heterocycles. The number of amides is 2.